The Hall–Kier alpha value is 0. The van der Waals surface area contributed by atoms with Crippen molar-refractivity contribution in [3.05, 3.63) is 0 Å². The number of hydrogen-bond donors (Lipinski definition) is 0. The molecule has 0 nitrogen and oxygen atoms in total. The molecule has 0 aromatic heterocycles. The van der Waals surface area contributed by atoms with Gasteiger partial charge in [-0.3, -0.25) is 0 Å². The summed E-state index contributed by atoms with van der Waals surface area (Å²) in [5, 5.41) is 0. The summed E-state index contributed by atoms with van der Waals surface area (Å²) in [6.45, 7) is 0. The molecule has 114 valence electrons. The zero-order valence-electron chi connectivity index (χ0n) is 13.4. The summed E-state index contributed by atoms with van der Waals surface area (Å²) in [5.41, 5.74) is 2.66. The Morgan fingerprint density at radius 3 is 2.67 bits per heavy atom. The Kier molecular flexibility index (Phi) is 1.72. The summed E-state index contributed by atoms with van der Waals surface area (Å²) in [6.07, 6.45) is 19.9. The van der Waals surface area contributed by atoms with E-state index in [0.29, 0.717) is 0 Å². The van der Waals surface area contributed by atoms with E-state index in [2.05, 4.69) is 0 Å². The molecule has 7 rings (SSSR count). The van der Waals surface area contributed by atoms with Crippen LogP contribution in [-0.2, 0) is 0 Å². The van der Waals surface area contributed by atoms with E-state index in [-0.39, 0.29) is 0 Å². The molecule has 0 saturated heterocycles. The van der Waals surface area contributed by atoms with Crippen LogP contribution < -0.4 is 0 Å². The van der Waals surface area contributed by atoms with Gasteiger partial charge in [-0.1, -0.05) is 6.42 Å². The standard InChI is InChI=1S/C21H30/c1-2-13-4-5-17-16-10-14(3-1)19-7-6-15(16)18-11-20(13,9-8-19)21(17,18)12-19/h13-18H,1-12H2. The van der Waals surface area contributed by atoms with Crippen molar-refractivity contribution in [1.82, 2.24) is 0 Å². The molecule has 3 spiro atoms. The van der Waals surface area contributed by atoms with Crippen LogP contribution in [0.15, 0.2) is 0 Å². The highest BCUT2D eigenvalue weighted by molar-refractivity contribution is 5.31. The molecule has 7 aliphatic carbocycles. The Balaban J connectivity index is 1.58. The lowest BCUT2D eigenvalue weighted by Gasteiger charge is -2.74. The lowest BCUT2D eigenvalue weighted by atomic mass is 9.30. The third-order valence-corrected chi connectivity index (χ3v) is 11.2. The van der Waals surface area contributed by atoms with E-state index >= 15 is 0 Å². The average Bonchev–Trinajstić information content (AvgIpc) is 2.54. The minimum Gasteiger partial charge on any atom is -0.0527 e. The van der Waals surface area contributed by atoms with Gasteiger partial charge in [0.05, 0.1) is 0 Å². The average molecular weight is 282 g/mol. The summed E-state index contributed by atoms with van der Waals surface area (Å²) >= 11 is 0. The third-order valence-electron chi connectivity index (χ3n) is 11.2. The van der Waals surface area contributed by atoms with Gasteiger partial charge in [0.15, 0.2) is 0 Å². The number of rotatable bonds is 0. The van der Waals surface area contributed by atoms with E-state index in [1.54, 1.807) is 77.0 Å². The molecule has 0 amide bonds. The topological polar surface area (TPSA) is 0 Å². The zero-order chi connectivity index (χ0) is 13.4. The van der Waals surface area contributed by atoms with Gasteiger partial charge in [-0.05, 0) is 122 Å². The lowest BCUT2D eigenvalue weighted by Crippen LogP contribution is -2.67. The summed E-state index contributed by atoms with van der Waals surface area (Å²) in [7, 11) is 0. The first-order valence-electron chi connectivity index (χ1n) is 10.3. The van der Waals surface area contributed by atoms with Gasteiger partial charge in [-0.15, -0.1) is 0 Å². The molecule has 4 bridgehead atoms. The van der Waals surface area contributed by atoms with Gasteiger partial charge in [0, 0.05) is 0 Å². The molecule has 0 heterocycles. The highest BCUT2D eigenvalue weighted by Gasteiger charge is 2.82. The summed E-state index contributed by atoms with van der Waals surface area (Å²) in [6, 6.07) is 0. The highest BCUT2D eigenvalue weighted by atomic mass is 14.9. The Labute approximate surface area is 129 Å². The molecule has 9 atom stereocenters. The van der Waals surface area contributed by atoms with Crippen LogP contribution >= 0.6 is 0 Å². The predicted molar refractivity (Wildman–Crippen MR) is 83.6 cm³/mol. The Morgan fingerprint density at radius 2 is 1.67 bits per heavy atom. The summed E-state index contributed by atoms with van der Waals surface area (Å²) < 4.78 is 0. The van der Waals surface area contributed by atoms with Crippen LogP contribution in [0.5, 0.6) is 0 Å². The predicted octanol–water partition coefficient (Wildman–Crippen LogP) is 5.42. The van der Waals surface area contributed by atoms with Crippen LogP contribution in [0.4, 0.5) is 0 Å². The molecule has 0 aliphatic heterocycles. The molecule has 0 radical (unpaired) electrons. The van der Waals surface area contributed by atoms with Crippen molar-refractivity contribution in [2.45, 2.75) is 77.0 Å². The van der Waals surface area contributed by atoms with Crippen LogP contribution in [0.2, 0.25) is 0 Å². The summed E-state index contributed by atoms with van der Waals surface area (Å²) in [4.78, 5) is 0. The smallest absolute Gasteiger partial charge is 0.0171 e. The largest absolute Gasteiger partial charge is 0.0527 e. The van der Waals surface area contributed by atoms with Gasteiger partial charge in [-0.2, -0.15) is 0 Å². The fourth-order valence-corrected chi connectivity index (χ4v) is 11.0. The molecular weight excluding hydrogens is 252 g/mol. The third kappa shape index (κ3) is 0.918. The first-order chi connectivity index (χ1) is 10.3. The van der Waals surface area contributed by atoms with Crippen molar-refractivity contribution in [2.24, 2.45) is 51.8 Å². The Morgan fingerprint density at radius 1 is 0.714 bits per heavy atom. The maximum atomic E-state index is 1.74. The van der Waals surface area contributed by atoms with E-state index in [1.807, 2.05) is 0 Å². The lowest BCUT2D eigenvalue weighted by molar-refractivity contribution is -0.261. The first-order valence-corrected chi connectivity index (χ1v) is 10.3. The molecule has 0 aromatic rings. The minimum absolute atomic E-state index is 0.854. The molecular formula is C21H30. The fourth-order valence-electron chi connectivity index (χ4n) is 11.0. The van der Waals surface area contributed by atoms with Crippen LogP contribution in [0.1, 0.15) is 77.0 Å². The SMILES string of the molecule is C1CC2CC3C4CCC25CCC26CC4C2(C5)C3CCC6C1. The molecule has 7 fully saturated rings. The van der Waals surface area contributed by atoms with Crippen molar-refractivity contribution in [2.75, 3.05) is 0 Å². The number of fused-ring (bicyclic) bond motifs is 6. The van der Waals surface area contributed by atoms with Gasteiger partial charge in [0.2, 0.25) is 0 Å². The van der Waals surface area contributed by atoms with E-state index in [9.17, 15) is 0 Å². The molecule has 0 heteroatoms. The normalized spacial score (nSPS) is 72.0. The van der Waals surface area contributed by atoms with E-state index in [1.165, 1.54) is 23.7 Å². The first kappa shape index (κ1) is 11.5. The molecule has 21 heavy (non-hydrogen) atoms. The fraction of sp³-hybridized carbons (Fsp3) is 1.00. The summed E-state index contributed by atoms with van der Waals surface area (Å²) in [5.74, 6) is 7.15. The minimum atomic E-state index is 0.854. The van der Waals surface area contributed by atoms with Gasteiger partial charge in [-0.25, -0.2) is 0 Å². The van der Waals surface area contributed by atoms with E-state index < -0.39 is 0 Å². The maximum absolute atomic E-state index is 1.74. The van der Waals surface area contributed by atoms with Gasteiger partial charge >= 0.3 is 0 Å². The van der Waals surface area contributed by atoms with Gasteiger partial charge in [0.25, 0.3) is 0 Å². The second-order valence-electron chi connectivity index (χ2n) is 10.7. The maximum Gasteiger partial charge on any atom is -0.0171 e. The van der Waals surface area contributed by atoms with E-state index in [4.69, 9.17) is 0 Å². The van der Waals surface area contributed by atoms with Crippen molar-refractivity contribution < 1.29 is 0 Å². The van der Waals surface area contributed by atoms with Crippen molar-refractivity contribution in [3.63, 3.8) is 0 Å². The molecule has 0 aromatic carbocycles. The Bertz CT molecular complexity index is 534. The number of hydrogen-bond acceptors (Lipinski definition) is 0. The van der Waals surface area contributed by atoms with Crippen LogP contribution in [0.25, 0.3) is 0 Å². The molecule has 9 unspecified atom stereocenters. The van der Waals surface area contributed by atoms with Crippen LogP contribution in [0.3, 0.4) is 0 Å². The van der Waals surface area contributed by atoms with Crippen molar-refractivity contribution in [1.29, 1.82) is 0 Å². The molecule has 7 aliphatic rings. The van der Waals surface area contributed by atoms with Gasteiger partial charge in [0.1, 0.15) is 0 Å². The van der Waals surface area contributed by atoms with Crippen LogP contribution in [0, 0.1) is 51.8 Å². The zero-order valence-corrected chi connectivity index (χ0v) is 13.4. The second kappa shape index (κ2) is 3.13. The van der Waals surface area contributed by atoms with Crippen molar-refractivity contribution in [3.8, 4) is 0 Å². The second-order valence-corrected chi connectivity index (χ2v) is 10.7. The molecule has 7 saturated carbocycles. The van der Waals surface area contributed by atoms with Crippen molar-refractivity contribution >= 4 is 0 Å². The quantitative estimate of drug-likeness (QED) is 0.556. The van der Waals surface area contributed by atoms with E-state index in [0.717, 1.165) is 28.1 Å². The monoisotopic (exact) mass is 282 g/mol. The van der Waals surface area contributed by atoms with Crippen LogP contribution in [-0.4, -0.2) is 0 Å². The highest BCUT2D eigenvalue weighted by Crippen LogP contribution is 2.89. The molecule has 0 N–H and O–H groups in total. The van der Waals surface area contributed by atoms with Gasteiger partial charge < -0.3 is 0 Å².